The lowest BCUT2D eigenvalue weighted by atomic mass is 10.1. The van der Waals surface area contributed by atoms with Gasteiger partial charge >= 0.3 is 6.09 Å². The Balaban J connectivity index is 1.84. The van der Waals surface area contributed by atoms with Crippen LogP contribution in [0, 0.1) is 0 Å². The second-order valence-electron chi connectivity index (χ2n) is 5.57. The Bertz CT molecular complexity index is 995. The Labute approximate surface area is 154 Å². The maximum atomic E-state index is 12.1. The Morgan fingerprint density at radius 2 is 2.15 bits per heavy atom. The van der Waals surface area contributed by atoms with Crippen molar-refractivity contribution in [1.82, 2.24) is 14.8 Å². The molecule has 2 heterocycles. The summed E-state index contributed by atoms with van der Waals surface area (Å²) in [6.07, 6.45) is 2.34. The van der Waals surface area contributed by atoms with Crippen LogP contribution in [0.15, 0.2) is 53.6 Å². The number of anilines is 1. The zero-order chi connectivity index (χ0) is 19.2. The molecule has 0 saturated carbocycles. The SMILES string of the molecule is Cn1nccc1-c1cc(NC(=O)Oc2ccc[nH]c2=O)ccc1OCCN. The molecule has 0 atom stereocenters. The van der Waals surface area contributed by atoms with E-state index in [4.69, 9.17) is 15.2 Å². The molecule has 0 aliphatic carbocycles. The van der Waals surface area contributed by atoms with Crippen molar-refractivity contribution in [1.29, 1.82) is 0 Å². The second kappa shape index (κ2) is 8.19. The van der Waals surface area contributed by atoms with Crippen LogP contribution in [-0.4, -0.2) is 34.0 Å². The van der Waals surface area contributed by atoms with Crippen LogP contribution in [0.4, 0.5) is 10.5 Å². The molecule has 9 heteroatoms. The van der Waals surface area contributed by atoms with E-state index in [-0.39, 0.29) is 5.75 Å². The summed E-state index contributed by atoms with van der Waals surface area (Å²) in [6, 6.07) is 9.93. The van der Waals surface area contributed by atoms with Gasteiger partial charge < -0.3 is 20.2 Å². The summed E-state index contributed by atoms with van der Waals surface area (Å²) in [6.45, 7) is 0.735. The van der Waals surface area contributed by atoms with Gasteiger partial charge in [-0.1, -0.05) is 0 Å². The van der Waals surface area contributed by atoms with Gasteiger partial charge in [-0.15, -0.1) is 0 Å². The Hall–Kier alpha value is -3.59. The molecule has 27 heavy (non-hydrogen) atoms. The third kappa shape index (κ3) is 4.33. The summed E-state index contributed by atoms with van der Waals surface area (Å²) in [5.41, 5.74) is 7.04. The van der Waals surface area contributed by atoms with Crippen molar-refractivity contribution in [3.8, 4) is 22.8 Å². The van der Waals surface area contributed by atoms with Crippen LogP contribution in [0.2, 0.25) is 0 Å². The number of nitrogens with zero attached hydrogens (tertiary/aromatic N) is 2. The highest BCUT2D eigenvalue weighted by Gasteiger charge is 2.14. The number of aromatic amines is 1. The van der Waals surface area contributed by atoms with Crippen LogP contribution in [0.5, 0.6) is 11.5 Å². The van der Waals surface area contributed by atoms with Crippen molar-refractivity contribution in [2.24, 2.45) is 12.8 Å². The molecular formula is C18H19N5O4. The van der Waals surface area contributed by atoms with E-state index < -0.39 is 11.7 Å². The third-order valence-corrected chi connectivity index (χ3v) is 3.68. The number of benzene rings is 1. The number of carbonyl (C=O) groups is 1. The van der Waals surface area contributed by atoms with E-state index in [1.165, 1.54) is 12.3 Å². The summed E-state index contributed by atoms with van der Waals surface area (Å²) < 4.78 is 12.4. The topological polar surface area (TPSA) is 124 Å². The highest BCUT2D eigenvalue weighted by Crippen LogP contribution is 2.32. The first-order chi connectivity index (χ1) is 13.1. The molecule has 0 bridgehead atoms. The van der Waals surface area contributed by atoms with Crippen LogP contribution in [0.25, 0.3) is 11.3 Å². The minimum absolute atomic E-state index is 0.0928. The Morgan fingerprint density at radius 1 is 1.30 bits per heavy atom. The average molecular weight is 369 g/mol. The van der Waals surface area contributed by atoms with Crippen molar-refractivity contribution in [2.45, 2.75) is 0 Å². The van der Waals surface area contributed by atoms with Gasteiger partial charge in [-0.25, -0.2) is 4.79 Å². The quantitative estimate of drug-likeness (QED) is 0.608. The van der Waals surface area contributed by atoms with Gasteiger partial charge in [0.05, 0.1) is 5.69 Å². The predicted octanol–water partition coefficient (Wildman–Crippen LogP) is 1.72. The molecule has 3 rings (SSSR count). The van der Waals surface area contributed by atoms with E-state index in [1.54, 1.807) is 42.2 Å². The number of pyridine rings is 1. The molecule has 0 fully saturated rings. The molecule has 1 amide bonds. The number of aryl methyl sites for hydroxylation is 1. The molecule has 0 saturated heterocycles. The number of H-pyrrole nitrogens is 1. The molecule has 9 nitrogen and oxygen atoms in total. The summed E-state index contributed by atoms with van der Waals surface area (Å²) in [4.78, 5) is 26.1. The zero-order valence-electron chi connectivity index (χ0n) is 14.6. The molecule has 0 spiro atoms. The third-order valence-electron chi connectivity index (χ3n) is 3.68. The molecule has 1 aromatic carbocycles. The number of rotatable bonds is 6. The van der Waals surface area contributed by atoms with Gasteiger partial charge in [0.25, 0.3) is 5.56 Å². The van der Waals surface area contributed by atoms with Gasteiger partial charge in [0.2, 0.25) is 0 Å². The number of hydrogen-bond acceptors (Lipinski definition) is 6. The highest BCUT2D eigenvalue weighted by atomic mass is 16.6. The first kappa shape index (κ1) is 18.2. The minimum atomic E-state index is -0.779. The van der Waals surface area contributed by atoms with Crippen molar-refractivity contribution in [2.75, 3.05) is 18.5 Å². The number of hydrogen-bond donors (Lipinski definition) is 3. The molecule has 140 valence electrons. The van der Waals surface area contributed by atoms with Crippen molar-refractivity contribution >= 4 is 11.8 Å². The van der Waals surface area contributed by atoms with Gasteiger partial charge in [0, 0.05) is 37.2 Å². The first-order valence-electron chi connectivity index (χ1n) is 8.20. The molecule has 0 aliphatic rings. The van der Waals surface area contributed by atoms with Crippen molar-refractivity contribution < 1.29 is 14.3 Å². The molecule has 0 radical (unpaired) electrons. The number of ether oxygens (including phenoxy) is 2. The zero-order valence-corrected chi connectivity index (χ0v) is 14.6. The lowest BCUT2D eigenvalue weighted by molar-refractivity contribution is 0.214. The number of nitrogens with one attached hydrogen (secondary N) is 2. The normalized spacial score (nSPS) is 10.4. The summed E-state index contributed by atoms with van der Waals surface area (Å²) in [7, 11) is 1.80. The molecule has 3 aromatic rings. The number of aromatic nitrogens is 3. The Kier molecular flexibility index (Phi) is 5.53. The Morgan fingerprint density at radius 3 is 2.85 bits per heavy atom. The lowest BCUT2D eigenvalue weighted by Gasteiger charge is -2.13. The first-order valence-corrected chi connectivity index (χ1v) is 8.20. The van der Waals surface area contributed by atoms with Crippen LogP contribution < -0.4 is 26.1 Å². The van der Waals surface area contributed by atoms with E-state index in [0.717, 1.165) is 11.3 Å². The van der Waals surface area contributed by atoms with E-state index in [0.29, 0.717) is 24.6 Å². The van der Waals surface area contributed by atoms with Crippen molar-refractivity contribution in [3.05, 3.63) is 59.1 Å². The lowest BCUT2D eigenvalue weighted by Crippen LogP contribution is -2.21. The van der Waals surface area contributed by atoms with Gasteiger partial charge in [-0.3, -0.25) is 14.8 Å². The average Bonchev–Trinajstić information content (AvgIpc) is 3.08. The summed E-state index contributed by atoms with van der Waals surface area (Å²) >= 11 is 0. The van der Waals surface area contributed by atoms with E-state index >= 15 is 0 Å². The van der Waals surface area contributed by atoms with Crippen LogP contribution >= 0.6 is 0 Å². The van der Waals surface area contributed by atoms with Crippen LogP contribution in [-0.2, 0) is 7.05 Å². The summed E-state index contributed by atoms with van der Waals surface area (Å²) in [5, 5.41) is 6.76. The van der Waals surface area contributed by atoms with Crippen LogP contribution in [0.3, 0.4) is 0 Å². The monoisotopic (exact) mass is 369 g/mol. The predicted molar refractivity (Wildman–Crippen MR) is 99.9 cm³/mol. The molecule has 2 aromatic heterocycles. The maximum Gasteiger partial charge on any atom is 0.417 e. The second-order valence-corrected chi connectivity index (χ2v) is 5.57. The van der Waals surface area contributed by atoms with E-state index in [2.05, 4.69) is 15.4 Å². The molecule has 0 aliphatic heterocycles. The van der Waals surface area contributed by atoms with Gasteiger partial charge in [-0.2, -0.15) is 5.10 Å². The fourth-order valence-corrected chi connectivity index (χ4v) is 2.47. The highest BCUT2D eigenvalue weighted by molar-refractivity contribution is 5.88. The summed E-state index contributed by atoms with van der Waals surface area (Å²) in [5.74, 6) is 0.521. The molecular weight excluding hydrogens is 350 g/mol. The fraction of sp³-hybridized carbons (Fsp3) is 0.167. The number of amides is 1. The number of nitrogens with two attached hydrogens (primary N) is 1. The standard InChI is InChI=1S/C18H19N5O4/c1-23-14(6-9-21-23)13-11-12(4-5-15(13)26-10-7-19)22-18(25)27-16-3-2-8-20-17(16)24/h2-6,8-9,11H,7,10,19H2,1H3,(H,20,24)(H,22,25). The van der Waals surface area contributed by atoms with Gasteiger partial charge in [-0.05, 0) is 36.4 Å². The largest absolute Gasteiger partial charge is 0.492 e. The smallest absolute Gasteiger partial charge is 0.417 e. The number of carbonyl (C=O) groups excluding carboxylic acids is 1. The van der Waals surface area contributed by atoms with Gasteiger partial charge in [0.1, 0.15) is 12.4 Å². The van der Waals surface area contributed by atoms with Crippen LogP contribution in [0.1, 0.15) is 0 Å². The van der Waals surface area contributed by atoms with E-state index in [1.807, 2.05) is 6.07 Å². The van der Waals surface area contributed by atoms with E-state index in [9.17, 15) is 9.59 Å². The van der Waals surface area contributed by atoms with Crippen molar-refractivity contribution in [3.63, 3.8) is 0 Å². The van der Waals surface area contributed by atoms with Gasteiger partial charge in [0.15, 0.2) is 5.75 Å². The molecule has 0 unspecified atom stereocenters. The maximum absolute atomic E-state index is 12.1. The molecule has 4 N–H and O–H groups in total. The fourth-order valence-electron chi connectivity index (χ4n) is 2.47. The minimum Gasteiger partial charge on any atom is -0.492 e.